The molecule has 132 valence electrons. The molecule has 5 atom stereocenters. The van der Waals surface area contributed by atoms with Crippen LogP contribution in [0.2, 0.25) is 0 Å². The average molecular weight is 332 g/mol. The predicted octanol–water partition coefficient (Wildman–Crippen LogP) is 1.30. The monoisotopic (exact) mass is 332 g/mol. The Balaban J connectivity index is 1.59. The van der Waals surface area contributed by atoms with Crippen LogP contribution in [0, 0.1) is 34.5 Å². The van der Waals surface area contributed by atoms with Crippen molar-refractivity contribution >= 4 is 5.91 Å². The summed E-state index contributed by atoms with van der Waals surface area (Å²) in [6, 6.07) is 1.41. The van der Waals surface area contributed by atoms with E-state index in [1.807, 2.05) is 0 Å². The van der Waals surface area contributed by atoms with Gasteiger partial charge < -0.3 is 10.6 Å². The second-order valence-corrected chi connectivity index (χ2v) is 9.08. The maximum absolute atomic E-state index is 13.1. The molecule has 24 heavy (non-hydrogen) atoms. The molecule has 0 spiro atoms. The Labute approximate surface area is 143 Å². The van der Waals surface area contributed by atoms with Crippen molar-refractivity contribution in [3.8, 4) is 6.07 Å². The molecule has 0 radical (unpaired) electrons. The fraction of sp³-hybridized carbons (Fsp3) is 0.889. The minimum absolute atomic E-state index is 0.0416. The SMILES string of the molecule is C[C@@H]1C[C@@H](C#N)N(C(=O)C(N)C23CC4CC(CC(ON)(C4)C2)C3)C1. The van der Waals surface area contributed by atoms with Crippen LogP contribution in [0.25, 0.3) is 0 Å². The highest BCUT2D eigenvalue weighted by atomic mass is 16.6. The zero-order valence-corrected chi connectivity index (χ0v) is 14.4. The zero-order valence-electron chi connectivity index (χ0n) is 14.4. The highest BCUT2D eigenvalue weighted by Crippen LogP contribution is 2.63. The first-order valence-corrected chi connectivity index (χ1v) is 9.24. The summed E-state index contributed by atoms with van der Waals surface area (Å²) in [5.74, 6) is 7.12. The summed E-state index contributed by atoms with van der Waals surface area (Å²) in [4.78, 5) is 20.3. The molecule has 5 aliphatic rings. The molecule has 4 aliphatic carbocycles. The molecule has 0 aromatic heterocycles. The summed E-state index contributed by atoms with van der Waals surface area (Å²) >= 11 is 0. The summed E-state index contributed by atoms with van der Waals surface area (Å²) in [5, 5.41) is 9.38. The number of nitrogens with two attached hydrogens (primary N) is 2. The molecule has 4 saturated carbocycles. The highest BCUT2D eigenvalue weighted by Gasteiger charge is 2.62. The van der Waals surface area contributed by atoms with E-state index in [2.05, 4.69) is 13.0 Å². The molecule has 1 saturated heterocycles. The lowest BCUT2D eigenvalue weighted by Gasteiger charge is -2.62. The van der Waals surface area contributed by atoms with Crippen molar-refractivity contribution in [3.05, 3.63) is 0 Å². The summed E-state index contributed by atoms with van der Waals surface area (Å²) in [5.41, 5.74) is 6.09. The number of nitrogens with zero attached hydrogens (tertiary/aromatic N) is 2. The van der Waals surface area contributed by atoms with Crippen LogP contribution in [-0.2, 0) is 9.63 Å². The Kier molecular flexibility index (Phi) is 3.68. The standard InChI is InChI=1S/C18H28N4O2/c1-11-2-14(8-19)22(9-11)16(23)15(20)17-4-12-3-13(5-17)7-18(6-12,10-17)24-21/h11-15H,2-7,9-10,20-21H2,1H3/t11-,12?,13?,14+,15?,17?,18?/m1/s1. The number of hydrogen-bond donors (Lipinski definition) is 2. The Morgan fingerprint density at radius 3 is 2.54 bits per heavy atom. The van der Waals surface area contributed by atoms with E-state index in [-0.39, 0.29) is 23.0 Å². The normalized spacial score (nSPS) is 47.7. The van der Waals surface area contributed by atoms with Gasteiger partial charge in [-0.15, -0.1) is 0 Å². The van der Waals surface area contributed by atoms with Gasteiger partial charge in [-0.25, -0.2) is 5.90 Å². The van der Waals surface area contributed by atoms with Crippen molar-refractivity contribution in [3.63, 3.8) is 0 Å². The van der Waals surface area contributed by atoms with Gasteiger partial charge in [0.05, 0.1) is 17.7 Å². The van der Waals surface area contributed by atoms with Gasteiger partial charge in [0.15, 0.2) is 0 Å². The molecule has 1 aliphatic heterocycles. The van der Waals surface area contributed by atoms with Gasteiger partial charge in [-0.3, -0.25) is 9.63 Å². The predicted molar refractivity (Wildman–Crippen MR) is 88.0 cm³/mol. The van der Waals surface area contributed by atoms with Crippen molar-refractivity contribution in [1.82, 2.24) is 4.90 Å². The second-order valence-electron chi connectivity index (χ2n) is 9.08. The number of carbonyl (C=O) groups is 1. The van der Waals surface area contributed by atoms with Crippen LogP contribution in [0.5, 0.6) is 0 Å². The first-order valence-electron chi connectivity index (χ1n) is 9.24. The molecule has 6 nitrogen and oxygen atoms in total. The second kappa shape index (κ2) is 5.42. The molecule has 5 fully saturated rings. The molecule has 1 amide bonds. The minimum atomic E-state index is -0.543. The first-order chi connectivity index (χ1) is 11.4. The molecular formula is C18H28N4O2. The molecule has 0 aromatic rings. The quantitative estimate of drug-likeness (QED) is 0.758. The molecule has 3 unspecified atom stereocenters. The molecular weight excluding hydrogens is 304 g/mol. The number of rotatable bonds is 3. The van der Waals surface area contributed by atoms with Crippen LogP contribution in [0.15, 0.2) is 0 Å². The molecule has 4 bridgehead atoms. The topological polar surface area (TPSA) is 105 Å². The largest absolute Gasteiger partial charge is 0.325 e. The van der Waals surface area contributed by atoms with E-state index in [1.165, 1.54) is 6.42 Å². The van der Waals surface area contributed by atoms with Gasteiger partial charge in [-0.1, -0.05) is 6.92 Å². The van der Waals surface area contributed by atoms with Crippen LogP contribution in [0.1, 0.15) is 51.9 Å². The van der Waals surface area contributed by atoms with Crippen molar-refractivity contribution in [1.29, 1.82) is 5.26 Å². The molecule has 5 rings (SSSR count). The summed E-state index contributed by atoms with van der Waals surface area (Å²) in [6.45, 7) is 2.73. The molecule has 1 heterocycles. The van der Waals surface area contributed by atoms with Crippen molar-refractivity contribution in [2.75, 3.05) is 6.54 Å². The zero-order chi connectivity index (χ0) is 17.1. The van der Waals surface area contributed by atoms with Gasteiger partial charge in [0.25, 0.3) is 0 Å². The smallest absolute Gasteiger partial charge is 0.241 e. The highest BCUT2D eigenvalue weighted by molar-refractivity contribution is 5.83. The van der Waals surface area contributed by atoms with Gasteiger partial charge in [-0.2, -0.15) is 5.26 Å². The van der Waals surface area contributed by atoms with Gasteiger partial charge >= 0.3 is 0 Å². The van der Waals surface area contributed by atoms with E-state index in [9.17, 15) is 10.1 Å². The Bertz CT molecular complexity index is 572. The molecule has 4 N–H and O–H groups in total. The van der Waals surface area contributed by atoms with E-state index >= 15 is 0 Å². The number of hydrogen-bond acceptors (Lipinski definition) is 5. The van der Waals surface area contributed by atoms with Crippen molar-refractivity contribution in [2.24, 2.45) is 34.8 Å². The third-order valence-electron chi connectivity index (χ3n) is 7.17. The summed E-state index contributed by atoms with van der Waals surface area (Å²) < 4.78 is 0. The average Bonchev–Trinajstić information content (AvgIpc) is 2.93. The van der Waals surface area contributed by atoms with E-state index < -0.39 is 6.04 Å². The lowest BCUT2D eigenvalue weighted by molar-refractivity contribution is -0.202. The van der Waals surface area contributed by atoms with Crippen LogP contribution < -0.4 is 11.6 Å². The van der Waals surface area contributed by atoms with Crippen LogP contribution in [0.4, 0.5) is 0 Å². The van der Waals surface area contributed by atoms with Crippen LogP contribution in [-0.4, -0.2) is 35.0 Å². The maximum Gasteiger partial charge on any atom is 0.241 e. The Morgan fingerprint density at radius 1 is 1.29 bits per heavy atom. The number of carbonyl (C=O) groups excluding carboxylic acids is 1. The van der Waals surface area contributed by atoms with Gasteiger partial charge in [-0.05, 0) is 68.1 Å². The van der Waals surface area contributed by atoms with Crippen LogP contribution >= 0.6 is 0 Å². The molecule has 0 aromatic carbocycles. The van der Waals surface area contributed by atoms with Crippen molar-refractivity contribution < 1.29 is 9.63 Å². The first kappa shape index (κ1) is 16.3. The number of likely N-dealkylation sites (tertiary alicyclic amines) is 1. The minimum Gasteiger partial charge on any atom is -0.325 e. The number of amides is 1. The van der Waals surface area contributed by atoms with Crippen LogP contribution in [0.3, 0.4) is 0 Å². The van der Waals surface area contributed by atoms with E-state index in [0.29, 0.717) is 24.3 Å². The van der Waals surface area contributed by atoms with Gasteiger partial charge in [0.2, 0.25) is 5.91 Å². The van der Waals surface area contributed by atoms with Gasteiger partial charge in [0.1, 0.15) is 6.04 Å². The third-order valence-corrected chi connectivity index (χ3v) is 7.17. The fourth-order valence-corrected chi connectivity index (χ4v) is 6.60. The Morgan fingerprint density at radius 2 is 1.96 bits per heavy atom. The maximum atomic E-state index is 13.1. The van der Waals surface area contributed by atoms with E-state index in [4.69, 9.17) is 16.5 Å². The van der Waals surface area contributed by atoms with E-state index in [0.717, 1.165) is 38.5 Å². The Hall–Kier alpha value is -1.16. The fourth-order valence-electron chi connectivity index (χ4n) is 6.60. The summed E-state index contributed by atoms with van der Waals surface area (Å²) in [7, 11) is 0. The molecule has 6 heteroatoms. The van der Waals surface area contributed by atoms with E-state index in [1.54, 1.807) is 4.90 Å². The van der Waals surface area contributed by atoms with Gasteiger partial charge in [0, 0.05) is 6.54 Å². The lowest BCUT2D eigenvalue weighted by Crippen LogP contribution is -2.65. The number of nitriles is 1. The summed E-state index contributed by atoms with van der Waals surface area (Å²) in [6.07, 6.45) is 6.77. The lowest BCUT2D eigenvalue weighted by atomic mass is 9.46. The van der Waals surface area contributed by atoms with Crippen molar-refractivity contribution in [2.45, 2.75) is 69.6 Å². The third kappa shape index (κ3) is 2.29.